The van der Waals surface area contributed by atoms with E-state index in [1.807, 2.05) is 32.9 Å². The maximum atomic E-state index is 13.0. The summed E-state index contributed by atoms with van der Waals surface area (Å²) in [5, 5.41) is 6.13. The van der Waals surface area contributed by atoms with Crippen molar-refractivity contribution in [1.29, 1.82) is 0 Å². The molecule has 0 saturated heterocycles. The van der Waals surface area contributed by atoms with E-state index in [9.17, 15) is 9.59 Å². The Kier molecular flexibility index (Phi) is 8.68. The highest BCUT2D eigenvalue weighted by molar-refractivity contribution is 5.68. The molecule has 2 aromatic rings. The maximum absolute atomic E-state index is 13.0. The first-order valence-electron chi connectivity index (χ1n) is 11.0. The summed E-state index contributed by atoms with van der Waals surface area (Å²) in [6.45, 7) is 13.9. The van der Waals surface area contributed by atoms with Gasteiger partial charge in [0, 0.05) is 30.8 Å². The summed E-state index contributed by atoms with van der Waals surface area (Å²) in [6.07, 6.45) is 2.88. The van der Waals surface area contributed by atoms with Gasteiger partial charge in [-0.05, 0) is 58.7 Å². The van der Waals surface area contributed by atoms with Crippen LogP contribution in [0.2, 0.25) is 0 Å². The van der Waals surface area contributed by atoms with Crippen LogP contribution >= 0.6 is 0 Å². The molecule has 1 heterocycles. The van der Waals surface area contributed by atoms with Crippen molar-refractivity contribution in [1.82, 2.24) is 14.9 Å². The number of ether oxygens (including phenoxy) is 2. The molecule has 0 fully saturated rings. The molecule has 1 amide bonds. The minimum absolute atomic E-state index is 0.118. The third-order valence-electron chi connectivity index (χ3n) is 4.93. The Bertz CT molecular complexity index is 1040. The summed E-state index contributed by atoms with van der Waals surface area (Å²) < 4.78 is 11.8. The fraction of sp³-hybridized carbons (Fsp3) is 0.480. The Balaban J connectivity index is 2.38. The number of aryl methyl sites for hydroxylation is 3. The van der Waals surface area contributed by atoms with Crippen LogP contribution in [0.3, 0.4) is 0 Å². The zero-order valence-corrected chi connectivity index (χ0v) is 20.9. The first-order valence-corrected chi connectivity index (χ1v) is 11.0. The average Bonchev–Trinajstić information content (AvgIpc) is 2.68. The number of amides is 1. The van der Waals surface area contributed by atoms with Crippen molar-refractivity contribution in [3.63, 3.8) is 0 Å². The van der Waals surface area contributed by atoms with Crippen molar-refractivity contribution in [2.24, 2.45) is 0 Å². The number of benzene rings is 1. The Hall–Kier alpha value is -3.29. The summed E-state index contributed by atoms with van der Waals surface area (Å²) in [7, 11) is 1.57. The van der Waals surface area contributed by atoms with Gasteiger partial charge >= 0.3 is 11.8 Å². The third-order valence-corrected chi connectivity index (χ3v) is 4.93. The Morgan fingerprint density at radius 2 is 1.82 bits per heavy atom. The molecular weight excluding hydrogens is 420 g/mol. The molecule has 0 radical (unpaired) electrons. The third kappa shape index (κ3) is 7.66. The van der Waals surface area contributed by atoms with E-state index in [2.05, 4.69) is 34.7 Å². The molecule has 0 aliphatic rings. The van der Waals surface area contributed by atoms with Crippen molar-refractivity contribution in [3.05, 3.63) is 63.4 Å². The van der Waals surface area contributed by atoms with Crippen molar-refractivity contribution >= 4 is 17.6 Å². The first kappa shape index (κ1) is 26.0. The second-order valence-corrected chi connectivity index (χ2v) is 9.18. The molecule has 0 bridgehead atoms. The van der Waals surface area contributed by atoms with Gasteiger partial charge in [-0.15, -0.1) is 0 Å². The summed E-state index contributed by atoms with van der Waals surface area (Å²) >= 11 is 0. The highest BCUT2D eigenvalue weighted by atomic mass is 16.6. The lowest BCUT2D eigenvalue weighted by molar-refractivity contribution is 0.0526. The predicted octanol–water partition coefficient (Wildman–Crippen LogP) is 4.70. The number of nitrogens with zero attached hydrogens (tertiary/aromatic N) is 2. The Labute approximate surface area is 196 Å². The lowest BCUT2D eigenvalue weighted by Gasteiger charge is -2.21. The van der Waals surface area contributed by atoms with Crippen LogP contribution in [0.5, 0.6) is 0 Å². The van der Waals surface area contributed by atoms with Crippen molar-refractivity contribution in [3.8, 4) is 0 Å². The molecule has 0 aliphatic heterocycles. The number of nitrogens with one attached hydrogen (secondary N) is 2. The highest BCUT2D eigenvalue weighted by Gasteiger charge is 2.17. The van der Waals surface area contributed by atoms with Crippen LogP contribution in [0.25, 0.3) is 0 Å². The van der Waals surface area contributed by atoms with E-state index in [0.29, 0.717) is 11.5 Å². The van der Waals surface area contributed by atoms with E-state index in [1.54, 1.807) is 34.1 Å². The summed E-state index contributed by atoms with van der Waals surface area (Å²) in [5.74, 6) is 0.483. The number of rotatable bonds is 8. The predicted molar refractivity (Wildman–Crippen MR) is 131 cm³/mol. The maximum Gasteiger partial charge on any atom is 0.407 e. The van der Waals surface area contributed by atoms with Crippen molar-refractivity contribution in [2.45, 2.75) is 66.5 Å². The molecule has 2 N–H and O–H groups in total. The average molecular weight is 457 g/mol. The van der Waals surface area contributed by atoms with Gasteiger partial charge < -0.3 is 20.1 Å². The quantitative estimate of drug-likeness (QED) is 0.559. The van der Waals surface area contributed by atoms with E-state index in [1.165, 1.54) is 10.1 Å². The SMILES string of the molecule is CO/C=C/C(C)c1cc(Nc2c(C)cc(C)cc2C)n(CCNC(=O)OC(C)(C)C)c(=O)n1. The van der Waals surface area contributed by atoms with Crippen LogP contribution in [0.4, 0.5) is 16.3 Å². The molecule has 8 nitrogen and oxygen atoms in total. The molecule has 180 valence electrons. The van der Waals surface area contributed by atoms with E-state index < -0.39 is 17.4 Å². The number of hydrogen-bond acceptors (Lipinski definition) is 6. The molecule has 1 atom stereocenters. The summed E-state index contributed by atoms with van der Waals surface area (Å²) in [6, 6.07) is 6.04. The summed E-state index contributed by atoms with van der Waals surface area (Å²) in [5.41, 5.74) is 3.88. The molecule has 8 heteroatoms. The standard InChI is InChI=1S/C25H36N4O4/c1-16-13-18(3)22(19(4)14-16)28-21-15-20(17(2)9-12-32-8)27-23(30)29(21)11-10-26-24(31)33-25(5,6)7/h9,12-15,17,28H,10-11H2,1-8H3,(H,26,31)/b12-9+. The number of anilines is 2. The van der Waals surface area contributed by atoms with Crippen molar-refractivity contribution < 1.29 is 14.3 Å². The smallest absolute Gasteiger partial charge is 0.407 e. The Morgan fingerprint density at radius 1 is 1.18 bits per heavy atom. The minimum Gasteiger partial charge on any atom is -0.505 e. The van der Waals surface area contributed by atoms with Crippen LogP contribution in [-0.4, -0.2) is 34.9 Å². The largest absolute Gasteiger partial charge is 0.505 e. The second kappa shape index (κ2) is 11.0. The minimum atomic E-state index is -0.594. The topological polar surface area (TPSA) is 94.5 Å². The fourth-order valence-electron chi connectivity index (χ4n) is 3.46. The highest BCUT2D eigenvalue weighted by Crippen LogP contribution is 2.27. The number of carbonyl (C=O) groups excluding carboxylic acids is 1. The molecule has 0 saturated carbocycles. The molecule has 0 aliphatic carbocycles. The van der Waals surface area contributed by atoms with Gasteiger partial charge in [0.2, 0.25) is 0 Å². The molecule has 1 aromatic heterocycles. The monoisotopic (exact) mass is 456 g/mol. The van der Waals surface area contributed by atoms with Gasteiger partial charge in [-0.2, -0.15) is 4.98 Å². The van der Waals surface area contributed by atoms with Crippen LogP contribution < -0.4 is 16.3 Å². The van der Waals surface area contributed by atoms with Gasteiger partial charge in [0.1, 0.15) is 11.4 Å². The number of allylic oxidation sites excluding steroid dienone is 1. The zero-order valence-electron chi connectivity index (χ0n) is 20.9. The van der Waals surface area contributed by atoms with E-state index in [0.717, 1.165) is 16.8 Å². The lowest BCUT2D eigenvalue weighted by Crippen LogP contribution is -2.36. The van der Waals surface area contributed by atoms with Gasteiger partial charge in [0.05, 0.1) is 19.1 Å². The van der Waals surface area contributed by atoms with Crippen molar-refractivity contribution in [2.75, 3.05) is 19.0 Å². The number of carbonyl (C=O) groups is 1. The molecular formula is C25H36N4O4. The van der Waals surface area contributed by atoms with Crippen LogP contribution in [-0.2, 0) is 16.0 Å². The number of hydrogen-bond donors (Lipinski definition) is 2. The van der Waals surface area contributed by atoms with Gasteiger partial charge in [-0.1, -0.05) is 24.6 Å². The van der Waals surface area contributed by atoms with Gasteiger partial charge in [-0.3, -0.25) is 4.57 Å². The van der Waals surface area contributed by atoms with Crippen LogP contribution in [0.15, 0.2) is 35.3 Å². The second-order valence-electron chi connectivity index (χ2n) is 9.18. The van der Waals surface area contributed by atoms with Gasteiger partial charge in [-0.25, -0.2) is 9.59 Å². The molecule has 2 rings (SSSR count). The van der Waals surface area contributed by atoms with Gasteiger partial charge in [0.15, 0.2) is 0 Å². The molecule has 33 heavy (non-hydrogen) atoms. The summed E-state index contributed by atoms with van der Waals surface area (Å²) in [4.78, 5) is 29.2. The number of aromatic nitrogens is 2. The first-order chi connectivity index (χ1) is 15.4. The van der Waals surface area contributed by atoms with E-state index in [-0.39, 0.29) is 19.0 Å². The fourth-order valence-corrected chi connectivity index (χ4v) is 3.46. The molecule has 1 aromatic carbocycles. The lowest BCUT2D eigenvalue weighted by atomic mass is 10.0. The number of alkyl carbamates (subject to hydrolysis) is 1. The van der Waals surface area contributed by atoms with Crippen LogP contribution in [0.1, 0.15) is 56.0 Å². The zero-order chi connectivity index (χ0) is 24.8. The van der Waals surface area contributed by atoms with E-state index >= 15 is 0 Å². The van der Waals surface area contributed by atoms with Crippen LogP contribution in [0, 0.1) is 20.8 Å². The molecule has 1 unspecified atom stereocenters. The number of methoxy groups -OCH3 is 1. The molecule has 0 spiro atoms. The Morgan fingerprint density at radius 3 is 2.39 bits per heavy atom. The van der Waals surface area contributed by atoms with Gasteiger partial charge in [0.25, 0.3) is 0 Å². The van der Waals surface area contributed by atoms with E-state index in [4.69, 9.17) is 9.47 Å². The normalized spacial score (nSPS) is 12.5.